The summed E-state index contributed by atoms with van der Waals surface area (Å²) in [5.41, 5.74) is 6.76. The average molecular weight is 305 g/mol. The Hall–Kier alpha value is -1.43. The van der Waals surface area contributed by atoms with Crippen LogP contribution in [0, 0.1) is 6.92 Å². The SMILES string of the molecule is Cc1nnc(CCCc2csc(N)n2)n1C1CCCCC1. The maximum Gasteiger partial charge on any atom is 0.180 e. The highest BCUT2D eigenvalue weighted by molar-refractivity contribution is 7.13. The highest BCUT2D eigenvalue weighted by Crippen LogP contribution is 2.30. The summed E-state index contributed by atoms with van der Waals surface area (Å²) >= 11 is 1.51. The van der Waals surface area contributed by atoms with E-state index in [1.165, 1.54) is 43.4 Å². The summed E-state index contributed by atoms with van der Waals surface area (Å²) < 4.78 is 2.38. The van der Waals surface area contributed by atoms with E-state index in [4.69, 9.17) is 5.73 Å². The number of thiazole rings is 1. The molecular formula is C15H23N5S. The summed E-state index contributed by atoms with van der Waals surface area (Å²) in [5, 5.41) is 11.4. The fourth-order valence-corrected chi connectivity index (χ4v) is 3.86. The zero-order chi connectivity index (χ0) is 14.7. The van der Waals surface area contributed by atoms with Crippen LogP contribution in [0.15, 0.2) is 5.38 Å². The molecule has 3 rings (SSSR count). The molecule has 2 aromatic heterocycles. The Morgan fingerprint density at radius 2 is 2.05 bits per heavy atom. The van der Waals surface area contributed by atoms with Gasteiger partial charge in [0.25, 0.3) is 0 Å². The van der Waals surface area contributed by atoms with Crippen molar-refractivity contribution >= 4 is 16.5 Å². The lowest BCUT2D eigenvalue weighted by Gasteiger charge is -2.25. The molecule has 0 amide bonds. The first-order valence-electron chi connectivity index (χ1n) is 7.84. The fraction of sp³-hybridized carbons (Fsp3) is 0.667. The number of hydrogen-bond donors (Lipinski definition) is 1. The van der Waals surface area contributed by atoms with E-state index in [-0.39, 0.29) is 0 Å². The number of nitrogen functional groups attached to an aromatic ring is 1. The lowest BCUT2D eigenvalue weighted by Crippen LogP contribution is -2.17. The van der Waals surface area contributed by atoms with Crippen molar-refractivity contribution in [1.82, 2.24) is 19.7 Å². The van der Waals surface area contributed by atoms with Crippen LogP contribution in [-0.4, -0.2) is 19.7 Å². The number of nitrogens with zero attached hydrogens (tertiary/aromatic N) is 4. The van der Waals surface area contributed by atoms with E-state index in [0.717, 1.165) is 36.6 Å². The van der Waals surface area contributed by atoms with Gasteiger partial charge in [-0.15, -0.1) is 21.5 Å². The third kappa shape index (κ3) is 3.43. The van der Waals surface area contributed by atoms with Gasteiger partial charge >= 0.3 is 0 Å². The zero-order valence-corrected chi connectivity index (χ0v) is 13.4. The summed E-state index contributed by atoms with van der Waals surface area (Å²) in [7, 11) is 0. The van der Waals surface area contributed by atoms with Crippen LogP contribution >= 0.6 is 11.3 Å². The zero-order valence-electron chi connectivity index (χ0n) is 12.6. The van der Waals surface area contributed by atoms with Gasteiger partial charge in [-0.25, -0.2) is 4.98 Å². The summed E-state index contributed by atoms with van der Waals surface area (Å²) in [6.07, 6.45) is 9.56. The lowest BCUT2D eigenvalue weighted by molar-refractivity contribution is 0.340. The van der Waals surface area contributed by atoms with Crippen molar-refractivity contribution < 1.29 is 0 Å². The van der Waals surface area contributed by atoms with Crippen LogP contribution in [-0.2, 0) is 12.8 Å². The Morgan fingerprint density at radius 3 is 2.76 bits per heavy atom. The quantitative estimate of drug-likeness (QED) is 0.920. The Balaban J connectivity index is 1.62. The van der Waals surface area contributed by atoms with E-state index in [2.05, 4.69) is 26.7 Å². The predicted octanol–water partition coefficient (Wildman–Crippen LogP) is 3.31. The van der Waals surface area contributed by atoms with Crippen molar-refractivity contribution in [1.29, 1.82) is 0 Å². The summed E-state index contributed by atoms with van der Waals surface area (Å²) in [6, 6.07) is 0.610. The van der Waals surface area contributed by atoms with Gasteiger partial charge in [0.1, 0.15) is 11.6 Å². The second-order valence-electron chi connectivity index (χ2n) is 5.86. The van der Waals surface area contributed by atoms with Gasteiger partial charge in [-0.05, 0) is 32.6 Å². The molecule has 2 aromatic rings. The fourth-order valence-electron chi connectivity index (χ4n) is 3.26. The van der Waals surface area contributed by atoms with Crippen molar-refractivity contribution in [2.75, 3.05) is 5.73 Å². The highest BCUT2D eigenvalue weighted by Gasteiger charge is 2.20. The molecule has 5 nitrogen and oxygen atoms in total. The summed E-state index contributed by atoms with van der Waals surface area (Å²) in [6.45, 7) is 2.08. The topological polar surface area (TPSA) is 69.6 Å². The summed E-state index contributed by atoms with van der Waals surface area (Å²) in [5.74, 6) is 2.21. The van der Waals surface area contributed by atoms with Gasteiger partial charge in [-0.1, -0.05) is 19.3 Å². The smallest absolute Gasteiger partial charge is 0.180 e. The predicted molar refractivity (Wildman–Crippen MR) is 85.4 cm³/mol. The molecule has 0 aliphatic heterocycles. The first-order valence-corrected chi connectivity index (χ1v) is 8.72. The van der Waals surface area contributed by atoms with Crippen molar-refractivity contribution in [2.24, 2.45) is 0 Å². The molecule has 0 spiro atoms. The molecular weight excluding hydrogens is 282 g/mol. The van der Waals surface area contributed by atoms with Crippen LogP contribution < -0.4 is 5.73 Å². The average Bonchev–Trinajstić information content (AvgIpc) is 3.06. The van der Waals surface area contributed by atoms with Gasteiger partial charge < -0.3 is 10.3 Å². The molecule has 0 saturated heterocycles. The third-order valence-corrected chi connectivity index (χ3v) is 5.00. The minimum absolute atomic E-state index is 0.610. The second-order valence-corrected chi connectivity index (χ2v) is 6.75. The monoisotopic (exact) mass is 305 g/mol. The van der Waals surface area contributed by atoms with E-state index >= 15 is 0 Å². The largest absolute Gasteiger partial charge is 0.375 e. The van der Waals surface area contributed by atoms with Crippen molar-refractivity contribution in [3.05, 3.63) is 22.7 Å². The minimum atomic E-state index is 0.610. The van der Waals surface area contributed by atoms with Crippen LogP contribution in [0.3, 0.4) is 0 Å². The van der Waals surface area contributed by atoms with Gasteiger partial charge in [0.2, 0.25) is 0 Å². The van der Waals surface area contributed by atoms with Crippen LogP contribution in [0.4, 0.5) is 5.13 Å². The molecule has 0 radical (unpaired) electrons. The Labute approximate surface area is 129 Å². The van der Waals surface area contributed by atoms with E-state index in [0.29, 0.717) is 11.2 Å². The number of nitrogens with two attached hydrogens (primary N) is 1. The molecule has 21 heavy (non-hydrogen) atoms. The normalized spacial score (nSPS) is 16.4. The minimum Gasteiger partial charge on any atom is -0.375 e. The van der Waals surface area contributed by atoms with E-state index < -0.39 is 0 Å². The molecule has 1 saturated carbocycles. The molecule has 1 aliphatic carbocycles. The lowest BCUT2D eigenvalue weighted by atomic mass is 9.95. The van der Waals surface area contributed by atoms with Crippen molar-refractivity contribution in [2.45, 2.75) is 64.3 Å². The van der Waals surface area contributed by atoms with E-state index in [9.17, 15) is 0 Å². The first kappa shape index (κ1) is 14.5. The van der Waals surface area contributed by atoms with Gasteiger partial charge in [0.15, 0.2) is 5.13 Å². The summed E-state index contributed by atoms with van der Waals surface area (Å²) in [4.78, 5) is 4.31. The molecule has 0 unspecified atom stereocenters. The molecule has 1 fully saturated rings. The van der Waals surface area contributed by atoms with Crippen molar-refractivity contribution in [3.63, 3.8) is 0 Å². The van der Waals surface area contributed by atoms with Crippen LogP contribution in [0.25, 0.3) is 0 Å². The first-order chi connectivity index (χ1) is 10.2. The number of aromatic nitrogens is 4. The number of aryl methyl sites for hydroxylation is 3. The highest BCUT2D eigenvalue weighted by atomic mass is 32.1. The van der Waals surface area contributed by atoms with Gasteiger partial charge in [-0.3, -0.25) is 0 Å². The standard InChI is InChI=1S/C15H23N5S/c1-11-18-19-14(20(11)13-7-3-2-4-8-13)9-5-6-12-10-21-15(16)17-12/h10,13H,2-9H2,1H3,(H2,16,17). The Bertz CT molecular complexity index is 583. The molecule has 1 aliphatic rings. The number of anilines is 1. The van der Waals surface area contributed by atoms with Gasteiger partial charge in [-0.2, -0.15) is 0 Å². The maximum absolute atomic E-state index is 5.67. The van der Waals surface area contributed by atoms with Crippen LogP contribution in [0.5, 0.6) is 0 Å². The molecule has 114 valence electrons. The maximum atomic E-state index is 5.67. The Kier molecular flexibility index (Phi) is 4.53. The van der Waals surface area contributed by atoms with Gasteiger partial charge in [0.05, 0.1) is 5.69 Å². The van der Waals surface area contributed by atoms with E-state index in [1.807, 2.05) is 5.38 Å². The van der Waals surface area contributed by atoms with Crippen LogP contribution in [0.2, 0.25) is 0 Å². The molecule has 0 bridgehead atoms. The molecule has 6 heteroatoms. The van der Waals surface area contributed by atoms with Gasteiger partial charge in [0, 0.05) is 17.8 Å². The molecule has 2 N–H and O–H groups in total. The second kappa shape index (κ2) is 6.56. The van der Waals surface area contributed by atoms with Crippen molar-refractivity contribution in [3.8, 4) is 0 Å². The molecule has 0 atom stereocenters. The third-order valence-electron chi connectivity index (χ3n) is 4.28. The number of hydrogen-bond acceptors (Lipinski definition) is 5. The van der Waals surface area contributed by atoms with Crippen LogP contribution in [0.1, 0.15) is 61.9 Å². The Morgan fingerprint density at radius 1 is 1.24 bits per heavy atom. The molecule has 2 heterocycles. The van der Waals surface area contributed by atoms with E-state index in [1.54, 1.807) is 0 Å². The molecule has 0 aromatic carbocycles. The number of rotatable bonds is 5.